The van der Waals surface area contributed by atoms with E-state index in [1.165, 1.54) is 10.5 Å². The zero-order valence-corrected chi connectivity index (χ0v) is 20.5. The molecule has 1 aliphatic rings. The lowest BCUT2D eigenvalue weighted by atomic mass is 10.0. The largest absolute Gasteiger partial charge is 0.497 e. The summed E-state index contributed by atoms with van der Waals surface area (Å²) < 4.78 is 5.28. The highest BCUT2D eigenvalue weighted by Gasteiger charge is 2.44. The van der Waals surface area contributed by atoms with Crippen LogP contribution < -0.4 is 26.8 Å². The minimum absolute atomic E-state index is 0.0299. The van der Waals surface area contributed by atoms with E-state index in [-0.39, 0.29) is 18.4 Å². The fourth-order valence-corrected chi connectivity index (χ4v) is 4.12. The number of nitrogens with one attached hydrogen (secondary N) is 2. The number of amides is 3. The molecule has 0 aliphatic carbocycles. The van der Waals surface area contributed by atoms with Gasteiger partial charge in [0.25, 0.3) is 11.8 Å². The van der Waals surface area contributed by atoms with Gasteiger partial charge in [0, 0.05) is 19.6 Å². The van der Waals surface area contributed by atoms with Crippen molar-refractivity contribution in [2.75, 3.05) is 20.2 Å². The van der Waals surface area contributed by atoms with Gasteiger partial charge in [-0.2, -0.15) is 0 Å². The van der Waals surface area contributed by atoms with Gasteiger partial charge in [-0.05, 0) is 48.9 Å². The number of ether oxygens (including phenoxy) is 1. The van der Waals surface area contributed by atoms with E-state index in [0.717, 1.165) is 12.0 Å². The molecule has 1 heterocycles. The molecule has 0 aromatic heterocycles. The van der Waals surface area contributed by atoms with E-state index < -0.39 is 23.9 Å². The molecule has 10 heteroatoms. The molecule has 3 rings (SSSR count). The van der Waals surface area contributed by atoms with Crippen molar-refractivity contribution < 1.29 is 19.1 Å². The molecule has 1 aliphatic heterocycles. The number of hydrogen-bond donors (Lipinski definition) is 4. The molecule has 3 amide bonds. The van der Waals surface area contributed by atoms with E-state index in [4.69, 9.17) is 16.2 Å². The molecule has 2 atom stereocenters. The van der Waals surface area contributed by atoms with Crippen LogP contribution in [-0.2, 0) is 27.3 Å². The van der Waals surface area contributed by atoms with Crippen LogP contribution in [0.2, 0.25) is 0 Å². The fraction of sp³-hybridized carbons (Fsp3) is 0.385. The van der Waals surface area contributed by atoms with Crippen molar-refractivity contribution >= 4 is 23.7 Å². The molecule has 2 unspecified atom stereocenters. The number of piperazine rings is 1. The average Bonchev–Trinajstić information content (AvgIpc) is 2.87. The second-order valence-corrected chi connectivity index (χ2v) is 8.61. The molecule has 36 heavy (non-hydrogen) atoms. The van der Waals surface area contributed by atoms with E-state index in [2.05, 4.69) is 15.6 Å². The van der Waals surface area contributed by atoms with Crippen molar-refractivity contribution in [1.29, 1.82) is 0 Å². The lowest BCUT2D eigenvalue weighted by molar-refractivity contribution is -0.155. The zero-order valence-electron chi connectivity index (χ0n) is 20.5. The third-order valence-electron chi connectivity index (χ3n) is 5.92. The van der Waals surface area contributed by atoms with Gasteiger partial charge >= 0.3 is 0 Å². The maximum atomic E-state index is 13.4. The first-order valence-corrected chi connectivity index (χ1v) is 12.0. The Hall–Kier alpha value is -4.08. The van der Waals surface area contributed by atoms with E-state index in [1.807, 2.05) is 36.4 Å². The zero-order chi connectivity index (χ0) is 25.9. The Morgan fingerprint density at radius 3 is 2.56 bits per heavy atom. The SMILES string of the molecule is COc1cccc(CN2C(=O)C(CCCN=C(N)N)NC(=O)C2C(=O)NCCCc2ccccc2)c1. The van der Waals surface area contributed by atoms with Gasteiger partial charge < -0.3 is 31.7 Å². The summed E-state index contributed by atoms with van der Waals surface area (Å²) in [6.07, 6.45) is 2.35. The summed E-state index contributed by atoms with van der Waals surface area (Å²) in [5, 5.41) is 5.54. The Morgan fingerprint density at radius 2 is 1.83 bits per heavy atom. The first-order valence-electron chi connectivity index (χ1n) is 12.0. The summed E-state index contributed by atoms with van der Waals surface area (Å²) in [6.45, 7) is 0.819. The molecule has 2 aromatic carbocycles. The van der Waals surface area contributed by atoms with Crippen LogP contribution >= 0.6 is 0 Å². The van der Waals surface area contributed by atoms with Crippen molar-refractivity contribution in [3.8, 4) is 5.75 Å². The van der Waals surface area contributed by atoms with Gasteiger partial charge in [0.15, 0.2) is 12.0 Å². The maximum absolute atomic E-state index is 13.4. The first kappa shape index (κ1) is 26.5. The van der Waals surface area contributed by atoms with Crippen LogP contribution in [0.4, 0.5) is 0 Å². The summed E-state index contributed by atoms with van der Waals surface area (Å²) in [6, 6.07) is 15.1. The van der Waals surface area contributed by atoms with Crippen LogP contribution in [0.5, 0.6) is 5.75 Å². The third kappa shape index (κ3) is 7.46. The number of carbonyl (C=O) groups is 3. The molecule has 0 radical (unpaired) electrons. The van der Waals surface area contributed by atoms with Gasteiger partial charge in [0.1, 0.15) is 11.8 Å². The summed E-state index contributed by atoms with van der Waals surface area (Å²) in [7, 11) is 1.55. The highest BCUT2D eigenvalue weighted by molar-refractivity contribution is 6.10. The number of guanidine groups is 1. The van der Waals surface area contributed by atoms with Crippen LogP contribution in [0.1, 0.15) is 30.4 Å². The normalized spacial score (nSPS) is 17.3. The second-order valence-electron chi connectivity index (χ2n) is 8.61. The molecular weight excluding hydrogens is 460 g/mol. The van der Waals surface area contributed by atoms with E-state index in [1.54, 1.807) is 25.3 Å². The number of nitrogens with two attached hydrogens (primary N) is 2. The van der Waals surface area contributed by atoms with Crippen molar-refractivity contribution in [3.63, 3.8) is 0 Å². The molecule has 0 spiro atoms. The molecule has 1 saturated heterocycles. The summed E-state index contributed by atoms with van der Waals surface area (Å²) >= 11 is 0. The van der Waals surface area contributed by atoms with Crippen molar-refractivity contribution in [1.82, 2.24) is 15.5 Å². The smallest absolute Gasteiger partial charge is 0.253 e. The quantitative estimate of drug-likeness (QED) is 0.147. The van der Waals surface area contributed by atoms with Gasteiger partial charge in [0.2, 0.25) is 5.91 Å². The first-order chi connectivity index (χ1) is 17.4. The van der Waals surface area contributed by atoms with Crippen LogP contribution in [0.3, 0.4) is 0 Å². The monoisotopic (exact) mass is 494 g/mol. The van der Waals surface area contributed by atoms with Crippen LogP contribution in [-0.4, -0.2) is 60.9 Å². The summed E-state index contributed by atoms with van der Waals surface area (Å²) in [5.41, 5.74) is 12.6. The molecule has 6 N–H and O–H groups in total. The van der Waals surface area contributed by atoms with Crippen molar-refractivity contribution in [3.05, 3.63) is 65.7 Å². The second kappa shape index (κ2) is 13.1. The number of hydrogen-bond acceptors (Lipinski definition) is 5. The predicted octanol–water partition coefficient (Wildman–Crippen LogP) is 0.693. The minimum atomic E-state index is -1.27. The van der Waals surface area contributed by atoms with Gasteiger partial charge in [-0.25, -0.2) is 0 Å². The van der Waals surface area contributed by atoms with E-state index >= 15 is 0 Å². The molecule has 192 valence electrons. The Balaban J connectivity index is 1.70. The Kier molecular flexibility index (Phi) is 9.67. The Morgan fingerprint density at radius 1 is 1.08 bits per heavy atom. The number of methoxy groups -OCH3 is 1. The van der Waals surface area contributed by atoms with Crippen LogP contribution in [0.15, 0.2) is 59.6 Å². The van der Waals surface area contributed by atoms with Crippen LogP contribution in [0, 0.1) is 0 Å². The molecule has 10 nitrogen and oxygen atoms in total. The minimum Gasteiger partial charge on any atom is -0.497 e. The number of aryl methyl sites for hydroxylation is 1. The molecule has 0 bridgehead atoms. The van der Waals surface area contributed by atoms with Gasteiger partial charge in [-0.15, -0.1) is 0 Å². The van der Waals surface area contributed by atoms with E-state index in [9.17, 15) is 14.4 Å². The highest BCUT2D eigenvalue weighted by Crippen LogP contribution is 2.20. The number of nitrogens with zero attached hydrogens (tertiary/aromatic N) is 2. The third-order valence-corrected chi connectivity index (χ3v) is 5.92. The van der Waals surface area contributed by atoms with Gasteiger partial charge in [-0.3, -0.25) is 19.4 Å². The lowest BCUT2D eigenvalue weighted by Crippen LogP contribution is -2.67. The summed E-state index contributed by atoms with van der Waals surface area (Å²) in [5.74, 6) is -0.748. The van der Waals surface area contributed by atoms with Crippen molar-refractivity contribution in [2.45, 2.75) is 44.3 Å². The molecule has 1 fully saturated rings. The summed E-state index contributed by atoms with van der Waals surface area (Å²) in [4.78, 5) is 44.8. The van der Waals surface area contributed by atoms with E-state index in [0.29, 0.717) is 38.1 Å². The number of rotatable bonds is 12. The molecular formula is C26H34N6O4. The lowest BCUT2D eigenvalue weighted by Gasteiger charge is -2.38. The van der Waals surface area contributed by atoms with Crippen LogP contribution in [0.25, 0.3) is 0 Å². The predicted molar refractivity (Wildman–Crippen MR) is 137 cm³/mol. The Bertz CT molecular complexity index is 1070. The number of aliphatic imine (C=N–C) groups is 1. The molecule has 2 aromatic rings. The van der Waals surface area contributed by atoms with Gasteiger partial charge in [0.05, 0.1) is 7.11 Å². The average molecular weight is 495 g/mol. The fourth-order valence-electron chi connectivity index (χ4n) is 4.12. The van der Waals surface area contributed by atoms with Gasteiger partial charge in [-0.1, -0.05) is 42.5 Å². The number of benzene rings is 2. The number of carbonyl (C=O) groups excluding carboxylic acids is 3. The highest BCUT2D eigenvalue weighted by atomic mass is 16.5. The maximum Gasteiger partial charge on any atom is 0.253 e. The topological polar surface area (TPSA) is 152 Å². The molecule has 0 saturated carbocycles. The van der Waals surface area contributed by atoms with Crippen molar-refractivity contribution in [2.24, 2.45) is 16.5 Å². The Labute approximate surface area is 211 Å². The standard InChI is InChI=1S/C26H34N6O4/c1-36-20-12-5-10-19(16-20)17-32-22(23(33)29-14-6-11-18-8-3-2-4-9-18)24(34)31-21(25(32)35)13-7-15-30-26(27)28/h2-5,8-10,12,16,21-22H,6-7,11,13-15,17H2,1H3,(H,29,33)(H,31,34)(H4,27,28,30).